The fraction of sp³-hybridized carbons (Fsp3) is 0.444. The van der Waals surface area contributed by atoms with Gasteiger partial charge in [-0.1, -0.05) is 36.4 Å². The van der Waals surface area contributed by atoms with Gasteiger partial charge in [-0.05, 0) is 24.3 Å². The zero-order chi connectivity index (χ0) is 15.5. The summed E-state index contributed by atoms with van der Waals surface area (Å²) in [7, 11) is 0. The zero-order valence-electron chi connectivity index (χ0n) is 12.6. The molecule has 4 nitrogen and oxygen atoms in total. The summed E-state index contributed by atoms with van der Waals surface area (Å²) in [6.45, 7) is 5.13. The van der Waals surface area contributed by atoms with Crippen LogP contribution in [0.3, 0.4) is 0 Å². The van der Waals surface area contributed by atoms with Gasteiger partial charge in [-0.25, -0.2) is 4.79 Å². The van der Waals surface area contributed by atoms with Crippen LogP contribution in [-0.4, -0.2) is 29.9 Å². The third-order valence-corrected chi connectivity index (χ3v) is 4.71. The van der Waals surface area contributed by atoms with Crippen molar-refractivity contribution in [2.75, 3.05) is 13.1 Å². The normalized spacial score (nSPS) is 26.8. The third kappa shape index (κ3) is 2.91. The maximum Gasteiger partial charge on any atom is 0.410 e. The number of likely N-dealkylation sites (tertiary alicyclic amines) is 1. The van der Waals surface area contributed by atoms with Gasteiger partial charge in [0.2, 0.25) is 0 Å². The largest absolute Gasteiger partial charge is 0.445 e. The number of ether oxygens (including phenoxy) is 1. The molecule has 0 radical (unpaired) electrons. The van der Waals surface area contributed by atoms with Crippen molar-refractivity contribution in [2.45, 2.75) is 19.4 Å². The molecule has 1 saturated heterocycles. The van der Waals surface area contributed by atoms with E-state index in [1.54, 1.807) is 4.90 Å². The molecule has 0 spiro atoms. The molecule has 1 heterocycles. The second kappa shape index (κ2) is 6.34. The zero-order valence-corrected chi connectivity index (χ0v) is 12.6. The van der Waals surface area contributed by atoms with Crippen molar-refractivity contribution in [3.05, 3.63) is 48.6 Å². The van der Waals surface area contributed by atoms with E-state index in [0.717, 1.165) is 18.4 Å². The Kier molecular flexibility index (Phi) is 4.27. The molecule has 3 rings (SSSR count). The highest BCUT2D eigenvalue weighted by Crippen LogP contribution is 2.40. The molecule has 4 heteroatoms. The second-order valence-electron chi connectivity index (χ2n) is 6.17. The van der Waals surface area contributed by atoms with E-state index in [-0.39, 0.29) is 24.5 Å². The fourth-order valence-corrected chi connectivity index (χ4v) is 3.59. The molecule has 0 bridgehead atoms. The number of nitrogens with zero attached hydrogens (tertiary/aromatic N) is 1. The number of ketones is 1. The van der Waals surface area contributed by atoms with Crippen LogP contribution in [0.4, 0.5) is 4.79 Å². The van der Waals surface area contributed by atoms with Gasteiger partial charge in [0.25, 0.3) is 0 Å². The van der Waals surface area contributed by atoms with Crippen LogP contribution < -0.4 is 0 Å². The molecule has 1 amide bonds. The SMILES string of the molecule is C=CC[C@@H]1C[C@H]2CN(C(=O)OCc3ccccc3)C[C@H]2C1=O. The van der Waals surface area contributed by atoms with Gasteiger partial charge >= 0.3 is 6.09 Å². The van der Waals surface area contributed by atoms with Crippen LogP contribution in [0.5, 0.6) is 0 Å². The van der Waals surface area contributed by atoms with Crippen LogP contribution in [0.1, 0.15) is 18.4 Å². The number of hydrogen-bond acceptors (Lipinski definition) is 3. The van der Waals surface area contributed by atoms with Crippen molar-refractivity contribution in [3.63, 3.8) is 0 Å². The lowest BCUT2D eigenvalue weighted by atomic mass is 10.00. The van der Waals surface area contributed by atoms with Crippen molar-refractivity contribution in [3.8, 4) is 0 Å². The number of rotatable bonds is 4. The summed E-state index contributed by atoms with van der Waals surface area (Å²) in [5, 5.41) is 0. The molecular formula is C18H21NO3. The summed E-state index contributed by atoms with van der Waals surface area (Å²) in [6, 6.07) is 9.62. The van der Waals surface area contributed by atoms with Crippen LogP contribution in [0.15, 0.2) is 43.0 Å². The monoisotopic (exact) mass is 299 g/mol. The maximum atomic E-state index is 12.3. The molecule has 2 fully saturated rings. The van der Waals surface area contributed by atoms with Crippen LogP contribution in [0, 0.1) is 17.8 Å². The van der Waals surface area contributed by atoms with Crippen molar-refractivity contribution < 1.29 is 14.3 Å². The number of fused-ring (bicyclic) bond motifs is 1. The molecule has 1 saturated carbocycles. The number of Topliss-reactive ketones (excluding diaryl/α,β-unsaturated/α-hetero) is 1. The highest BCUT2D eigenvalue weighted by molar-refractivity contribution is 5.87. The predicted molar refractivity (Wildman–Crippen MR) is 83.1 cm³/mol. The molecule has 22 heavy (non-hydrogen) atoms. The van der Waals surface area contributed by atoms with Gasteiger partial charge in [-0.3, -0.25) is 4.79 Å². The summed E-state index contributed by atoms with van der Waals surface area (Å²) in [4.78, 5) is 26.1. The number of carbonyl (C=O) groups excluding carboxylic acids is 2. The molecule has 1 aliphatic heterocycles. The Labute approximate surface area is 130 Å². The van der Waals surface area contributed by atoms with Crippen molar-refractivity contribution in [1.82, 2.24) is 4.90 Å². The molecule has 1 aliphatic carbocycles. The fourth-order valence-electron chi connectivity index (χ4n) is 3.59. The van der Waals surface area contributed by atoms with Crippen molar-refractivity contribution in [1.29, 1.82) is 0 Å². The third-order valence-electron chi connectivity index (χ3n) is 4.71. The molecule has 1 aromatic carbocycles. The highest BCUT2D eigenvalue weighted by atomic mass is 16.6. The first-order valence-corrected chi connectivity index (χ1v) is 7.79. The Morgan fingerprint density at radius 2 is 2.09 bits per heavy atom. The first-order chi connectivity index (χ1) is 10.7. The first-order valence-electron chi connectivity index (χ1n) is 7.79. The van der Waals surface area contributed by atoms with Crippen LogP contribution in [0.2, 0.25) is 0 Å². The molecule has 0 aromatic heterocycles. The topological polar surface area (TPSA) is 46.6 Å². The van der Waals surface area contributed by atoms with E-state index >= 15 is 0 Å². The molecular weight excluding hydrogens is 278 g/mol. The van der Waals surface area contributed by atoms with E-state index in [9.17, 15) is 9.59 Å². The van der Waals surface area contributed by atoms with Crippen LogP contribution in [0.25, 0.3) is 0 Å². The molecule has 2 aliphatic rings. The van der Waals surface area contributed by atoms with E-state index < -0.39 is 0 Å². The lowest BCUT2D eigenvalue weighted by Crippen LogP contribution is -2.31. The first kappa shape index (κ1) is 14.8. The van der Waals surface area contributed by atoms with E-state index in [1.807, 2.05) is 36.4 Å². The predicted octanol–water partition coefficient (Wildman–Crippen LogP) is 3.04. The van der Waals surface area contributed by atoms with Crippen LogP contribution in [-0.2, 0) is 16.1 Å². The minimum absolute atomic E-state index is 0.00535. The molecule has 116 valence electrons. The van der Waals surface area contributed by atoms with Crippen LogP contribution >= 0.6 is 0 Å². The van der Waals surface area contributed by atoms with Gasteiger partial charge in [-0.15, -0.1) is 6.58 Å². The van der Waals surface area contributed by atoms with Gasteiger partial charge < -0.3 is 9.64 Å². The summed E-state index contributed by atoms with van der Waals surface area (Å²) in [5.41, 5.74) is 0.970. The minimum atomic E-state index is -0.314. The Bertz CT molecular complexity index is 569. The van der Waals surface area contributed by atoms with Gasteiger partial charge in [0.1, 0.15) is 12.4 Å². The van der Waals surface area contributed by atoms with Gasteiger partial charge in [0.05, 0.1) is 0 Å². The second-order valence-corrected chi connectivity index (χ2v) is 6.17. The lowest BCUT2D eigenvalue weighted by molar-refractivity contribution is -0.123. The number of amides is 1. The average molecular weight is 299 g/mol. The molecule has 0 N–H and O–H groups in total. The van der Waals surface area contributed by atoms with Gasteiger partial charge in [-0.2, -0.15) is 0 Å². The summed E-state index contributed by atoms with van der Waals surface area (Å²) < 4.78 is 5.35. The smallest absolute Gasteiger partial charge is 0.410 e. The van der Waals surface area contributed by atoms with E-state index in [4.69, 9.17) is 4.74 Å². The summed E-state index contributed by atoms with van der Waals surface area (Å²) in [6.07, 6.45) is 3.13. The van der Waals surface area contributed by atoms with Gasteiger partial charge in [0, 0.05) is 24.9 Å². The number of benzene rings is 1. The number of hydrogen-bond donors (Lipinski definition) is 0. The van der Waals surface area contributed by atoms with E-state index in [1.165, 1.54) is 0 Å². The van der Waals surface area contributed by atoms with Crippen molar-refractivity contribution >= 4 is 11.9 Å². The molecule has 0 unspecified atom stereocenters. The molecule has 3 atom stereocenters. The van der Waals surface area contributed by atoms with E-state index in [2.05, 4.69) is 6.58 Å². The Hall–Kier alpha value is -2.10. The standard InChI is InChI=1S/C18H21NO3/c1-2-6-14-9-15-10-19(11-16(15)17(14)20)18(21)22-12-13-7-4-3-5-8-13/h2-5,7-8,14-16H,1,6,9-12H2/t14-,15+,16-/m1/s1. The quantitative estimate of drug-likeness (QED) is 0.803. The maximum absolute atomic E-state index is 12.3. The number of allylic oxidation sites excluding steroid dienone is 1. The average Bonchev–Trinajstić information content (AvgIpc) is 3.07. The Morgan fingerprint density at radius 1 is 1.32 bits per heavy atom. The number of carbonyl (C=O) groups is 2. The van der Waals surface area contributed by atoms with Crippen molar-refractivity contribution in [2.24, 2.45) is 17.8 Å². The van der Waals surface area contributed by atoms with Gasteiger partial charge in [0.15, 0.2) is 0 Å². The summed E-state index contributed by atoms with van der Waals surface area (Å²) in [5.74, 6) is 0.689. The van der Waals surface area contributed by atoms with E-state index in [0.29, 0.717) is 24.8 Å². The Morgan fingerprint density at radius 3 is 2.77 bits per heavy atom. The lowest BCUT2D eigenvalue weighted by Gasteiger charge is -2.18. The highest BCUT2D eigenvalue weighted by Gasteiger charge is 2.48. The Balaban J connectivity index is 1.52. The molecule has 1 aromatic rings. The summed E-state index contributed by atoms with van der Waals surface area (Å²) >= 11 is 0. The minimum Gasteiger partial charge on any atom is -0.445 e.